The summed E-state index contributed by atoms with van der Waals surface area (Å²) in [6, 6.07) is 16.9. The highest BCUT2D eigenvalue weighted by molar-refractivity contribution is 14.1. The molecule has 1 heterocycles. The molecule has 0 spiro atoms. The Bertz CT molecular complexity index is 963. The molecule has 0 saturated heterocycles. The minimum absolute atomic E-state index is 0.134. The van der Waals surface area contributed by atoms with Crippen molar-refractivity contribution in [2.75, 3.05) is 0 Å². The number of alkyl halides is 1. The van der Waals surface area contributed by atoms with E-state index in [0.29, 0.717) is 17.2 Å². The van der Waals surface area contributed by atoms with E-state index in [9.17, 15) is 4.79 Å². The number of carbonyl (C=O) groups excluding carboxylic acids is 1. The van der Waals surface area contributed by atoms with Crippen LogP contribution in [0.15, 0.2) is 59.1 Å². The Morgan fingerprint density at radius 1 is 1.07 bits per heavy atom. The van der Waals surface area contributed by atoms with Crippen molar-refractivity contribution in [2.24, 2.45) is 0 Å². The molecule has 3 rings (SSSR count). The fraction of sp³-hybridized carbons (Fsp3) is 0.273. The molecule has 1 atom stereocenters. The van der Waals surface area contributed by atoms with Crippen LogP contribution in [0, 0.1) is 0 Å². The summed E-state index contributed by atoms with van der Waals surface area (Å²) in [5.41, 5.74) is 1.58. The fourth-order valence-electron chi connectivity index (χ4n) is 2.71. The molecule has 0 radical (unpaired) electrons. The molecular formula is C22H23IN2O4. The van der Waals surface area contributed by atoms with Crippen molar-refractivity contribution in [3.8, 4) is 28.5 Å². The summed E-state index contributed by atoms with van der Waals surface area (Å²) in [5, 5.41) is 6.96. The molecule has 0 aliphatic carbocycles. The number of rotatable bonds is 7. The van der Waals surface area contributed by atoms with Crippen molar-refractivity contribution >= 4 is 28.5 Å². The molecule has 29 heavy (non-hydrogen) atoms. The van der Waals surface area contributed by atoms with Crippen LogP contribution in [0.25, 0.3) is 11.3 Å². The van der Waals surface area contributed by atoms with Crippen molar-refractivity contribution in [1.29, 1.82) is 0 Å². The summed E-state index contributed by atoms with van der Waals surface area (Å²) in [7, 11) is 0. The minimum Gasteiger partial charge on any atom is -0.491 e. The molecular weight excluding hydrogens is 483 g/mol. The lowest BCUT2D eigenvalue weighted by Gasteiger charge is -2.19. The molecule has 0 saturated carbocycles. The molecule has 1 N–H and O–H groups in total. The van der Waals surface area contributed by atoms with Crippen LogP contribution in [-0.4, -0.2) is 17.2 Å². The Morgan fingerprint density at radius 3 is 2.17 bits per heavy atom. The van der Waals surface area contributed by atoms with Gasteiger partial charge in [0, 0.05) is 18.6 Å². The minimum atomic E-state index is -0.663. The number of nitrogens with one attached hydrogen (secondary N) is 1. The topological polar surface area (TPSA) is 73.6 Å². The van der Waals surface area contributed by atoms with Crippen LogP contribution in [0.2, 0.25) is 0 Å². The molecule has 1 aromatic heterocycles. The summed E-state index contributed by atoms with van der Waals surface area (Å²) >= 11 is 2.12. The van der Waals surface area contributed by atoms with Gasteiger partial charge < -0.3 is 19.3 Å². The van der Waals surface area contributed by atoms with Crippen molar-refractivity contribution in [2.45, 2.75) is 37.3 Å². The van der Waals surface area contributed by atoms with E-state index in [2.05, 4.69) is 33.1 Å². The molecule has 1 unspecified atom stereocenters. The Kier molecular flexibility index (Phi) is 6.46. The number of hydrogen-bond acceptors (Lipinski definition) is 5. The van der Waals surface area contributed by atoms with Crippen LogP contribution in [0.3, 0.4) is 0 Å². The Hall–Kier alpha value is -2.55. The zero-order chi connectivity index (χ0) is 21.0. The highest BCUT2D eigenvalue weighted by Gasteiger charge is 2.28. The van der Waals surface area contributed by atoms with Gasteiger partial charge in [-0.2, -0.15) is 0 Å². The predicted octanol–water partition coefficient (Wildman–Crippen LogP) is 5.66. The maximum atomic E-state index is 11.4. The van der Waals surface area contributed by atoms with E-state index in [0.717, 1.165) is 17.1 Å². The molecule has 0 bridgehead atoms. The number of ether oxygens (including phenoxy) is 2. The summed E-state index contributed by atoms with van der Waals surface area (Å²) in [4.78, 5) is 11.4. The first-order chi connectivity index (χ1) is 13.7. The predicted molar refractivity (Wildman–Crippen MR) is 119 cm³/mol. The Labute approximate surface area is 183 Å². The van der Waals surface area contributed by atoms with Crippen molar-refractivity contribution < 1.29 is 18.8 Å². The largest absolute Gasteiger partial charge is 0.491 e. The van der Waals surface area contributed by atoms with Crippen LogP contribution in [-0.2, 0) is 8.34 Å². The van der Waals surface area contributed by atoms with Gasteiger partial charge in [0.15, 0.2) is 5.76 Å². The molecule has 6 nitrogen and oxygen atoms in total. The van der Waals surface area contributed by atoms with Gasteiger partial charge in [-0.25, -0.2) is 0 Å². The van der Waals surface area contributed by atoms with E-state index in [1.807, 2.05) is 75.4 Å². The van der Waals surface area contributed by atoms with Gasteiger partial charge in [0.05, 0.1) is 6.10 Å². The van der Waals surface area contributed by atoms with E-state index in [1.165, 1.54) is 6.92 Å². The van der Waals surface area contributed by atoms with Crippen molar-refractivity contribution in [3.63, 3.8) is 0 Å². The molecule has 0 aliphatic heterocycles. The lowest BCUT2D eigenvalue weighted by atomic mass is 10.1. The SMILES string of the molecule is CC(=O)NC(C)(I)c1cc(-c2ccc(Oc3ccc(OC(C)C)cc3)cc2)no1. The maximum Gasteiger partial charge on any atom is 0.218 e. The third-order valence-corrected chi connectivity index (χ3v) is 4.77. The van der Waals surface area contributed by atoms with E-state index < -0.39 is 3.55 Å². The zero-order valence-corrected chi connectivity index (χ0v) is 18.9. The van der Waals surface area contributed by atoms with Gasteiger partial charge in [-0.1, -0.05) is 5.16 Å². The highest BCUT2D eigenvalue weighted by atomic mass is 127. The average Bonchev–Trinajstić information content (AvgIpc) is 3.14. The molecule has 0 fully saturated rings. The Balaban J connectivity index is 1.68. The zero-order valence-electron chi connectivity index (χ0n) is 16.7. The van der Waals surface area contributed by atoms with Gasteiger partial charge in [0.25, 0.3) is 0 Å². The smallest absolute Gasteiger partial charge is 0.218 e. The highest BCUT2D eigenvalue weighted by Crippen LogP contribution is 2.32. The summed E-state index contributed by atoms with van der Waals surface area (Å²) < 4.78 is 16.3. The van der Waals surface area contributed by atoms with E-state index >= 15 is 0 Å². The number of benzene rings is 2. The molecule has 2 aromatic carbocycles. The van der Waals surface area contributed by atoms with Crippen LogP contribution in [0.4, 0.5) is 0 Å². The number of halogens is 1. The summed E-state index contributed by atoms with van der Waals surface area (Å²) in [5.74, 6) is 2.70. The first kappa shape index (κ1) is 21.2. The van der Waals surface area contributed by atoms with Crippen LogP contribution >= 0.6 is 22.6 Å². The van der Waals surface area contributed by atoms with Gasteiger partial charge in [0.2, 0.25) is 5.91 Å². The average molecular weight is 506 g/mol. The normalized spacial score (nSPS) is 13.0. The first-order valence-corrected chi connectivity index (χ1v) is 10.3. The number of carbonyl (C=O) groups is 1. The number of amides is 1. The van der Waals surface area contributed by atoms with Gasteiger partial charge >= 0.3 is 0 Å². The van der Waals surface area contributed by atoms with Gasteiger partial charge in [-0.3, -0.25) is 4.79 Å². The molecule has 7 heteroatoms. The maximum absolute atomic E-state index is 11.4. The molecule has 3 aromatic rings. The lowest BCUT2D eigenvalue weighted by molar-refractivity contribution is -0.119. The van der Waals surface area contributed by atoms with E-state index in [-0.39, 0.29) is 12.0 Å². The standard InChI is InChI=1S/C22H23IN2O4/c1-14(2)27-17-9-11-19(12-10-17)28-18-7-5-16(6-8-18)20-13-21(29-25-20)22(4,23)24-15(3)26/h5-14H,1-4H3,(H,24,26). The number of aromatic nitrogens is 1. The van der Waals surface area contributed by atoms with Crippen LogP contribution in [0.5, 0.6) is 17.2 Å². The van der Waals surface area contributed by atoms with Gasteiger partial charge in [0.1, 0.15) is 26.5 Å². The van der Waals surface area contributed by atoms with Gasteiger partial charge in [-0.15, -0.1) is 0 Å². The van der Waals surface area contributed by atoms with Crippen LogP contribution in [0.1, 0.15) is 33.5 Å². The second-order valence-corrected chi connectivity index (χ2v) is 9.18. The van der Waals surface area contributed by atoms with Crippen molar-refractivity contribution in [1.82, 2.24) is 10.5 Å². The summed E-state index contributed by atoms with van der Waals surface area (Å²) in [6.45, 7) is 7.31. The molecule has 1 amide bonds. The van der Waals surface area contributed by atoms with Crippen LogP contribution < -0.4 is 14.8 Å². The summed E-state index contributed by atoms with van der Waals surface area (Å²) in [6.07, 6.45) is 0.134. The lowest BCUT2D eigenvalue weighted by Crippen LogP contribution is -2.36. The second kappa shape index (κ2) is 8.86. The third-order valence-electron chi connectivity index (χ3n) is 3.96. The Morgan fingerprint density at radius 2 is 1.62 bits per heavy atom. The van der Waals surface area contributed by atoms with Crippen molar-refractivity contribution in [3.05, 3.63) is 60.4 Å². The van der Waals surface area contributed by atoms with E-state index in [1.54, 1.807) is 0 Å². The van der Waals surface area contributed by atoms with Gasteiger partial charge in [-0.05, 0) is 91.9 Å². The third kappa shape index (κ3) is 5.72. The monoisotopic (exact) mass is 506 g/mol. The molecule has 0 aliphatic rings. The van der Waals surface area contributed by atoms with E-state index in [4.69, 9.17) is 14.0 Å². The number of hydrogen-bond donors (Lipinski definition) is 1. The second-order valence-electron chi connectivity index (χ2n) is 7.03. The molecule has 152 valence electrons. The fourth-order valence-corrected chi connectivity index (χ4v) is 3.35. The number of nitrogens with zero attached hydrogens (tertiary/aromatic N) is 1. The quantitative estimate of drug-likeness (QED) is 0.254. The first-order valence-electron chi connectivity index (χ1n) is 9.23.